The summed E-state index contributed by atoms with van der Waals surface area (Å²) < 4.78 is 35.7. The van der Waals surface area contributed by atoms with Crippen LogP contribution in [0.5, 0.6) is 0 Å². The normalized spacial score (nSPS) is 23.5. The minimum atomic E-state index is -3.65. The van der Waals surface area contributed by atoms with Crippen LogP contribution in [0.25, 0.3) is 0 Å². The minimum Gasteiger partial charge on any atom is -0.359 e. The molecule has 0 spiro atoms. The van der Waals surface area contributed by atoms with Gasteiger partial charge in [-0.2, -0.15) is 4.98 Å². The average molecular weight is 586 g/mol. The second kappa shape index (κ2) is 11.5. The molecule has 1 saturated heterocycles. The first kappa shape index (κ1) is 28.4. The van der Waals surface area contributed by atoms with Crippen molar-refractivity contribution in [2.75, 3.05) is 25.0 Å². The van der Waals surface area contributed by atoms with Crippen LogP contribution in [-0.2, 0) is 47.0 Å². The quantitative estimate of drug-likeness (QED) is 0.291. The lowest BCUT2D eigenvalue weighted by atomic mass is 9.94. The molecule has 2 fully saturated rings. The molecule has 2 heterocycles. The fourth-order valence-electron chi connectivity index (χ4n) is 7.22. The monoisotopic (exact) mass is 585 g/mol. The Hall–Kier alpha value is -1.75. The molecule has 6 rings (SSSR count). The number of hydrogen-bond donors (Lipinski definition) is 1. The van der Waals surface area contributed by atoms with Crippen molar-refractivity contribution >= 4 is 29.5 Å². The van der Waals surface area contributed by atoms with Gasteiger partial charge in [-0.15, -0.1) is 5.10 Å². The number of anilines is 2. The topological polar surface area (TPSA) is 89.4 Å². The molecule has 1 aliphatic heterocycles. The van der Waals surface area contributed by atoms with E-state index in [2.05, 4.69) is 41.0 Å². The van der Waals surface area contributed by atoms with Crippen molar-refractivity contribution in [3.63, 3.8) is 0 Å². The standard InChI is InChI=1S/C30H47N5O3SSi/c1-40(2,3)18-17-38-21-35-29(31-28-26-13-6-9-22(26)19-23-10-7-14-27(23)28)32-30(33-35)39(36,37)25-12-8-11-24(20-25)34-15-4-5-16-34/h19,24-25H,4-18,20-21H2,1-3H3,(H,31,32,33). The van der Waals surface area contributed by atoms with E-state index in [1.54, 1.807) is 4.68 Å². The van der Waals surface area contributed by atoms with Crippen molar-refractivity contribution in [1.82, 2.24) is 19.7 Å². The molecule has 0 radical (unpaired) electrons. The van der Waals surface area contributed by atoms with Crippen LogP contribution in [0.3, 0.4) is 0 Å². The number of hydrogen-bond acceptors (Lipinski definition) is 7. The van der Waals surface area contributed by atoms with E-state index in [0.29, 0.717) is 31.4 Å². The molecule has 8 nitrogen and oxygen atoms in total. The summed E-state index contributed by atoms with van der Waals surface area (Å²) in [6.07, 6.45) is 12.5. The zero-order chi connectivity index (χ0) is 27.9. The second-order valence-electron chi connectivity index (χ2n) is 13.7. The van der Waals surface area contributed by atoms with Crippen LogP contribution in [0.15, 0.2) is 11.2 Å². The summed E-state index contributed by atoms with van der Waals surface area (Å²) in [5.74, 6) is 0.493. The molecule has 2 aromatic rings. The third-order valence-electron chi connectivity index (χ3n) is 9.52. The highest BCUT2D eigenvalue weighted by Crippen LogP contribution is 2.40. The number of aryl methyl sites for hydroxylation is 2. The molecule has 0 amide bonds. The minimum absolute atomic E-state index is 0.0416. The number of fused-ring (bicyclic) bond motifs is 2. The van der Waals surface area contributed by atoms with Crippen LogP contribution >= 0.6 is 0 Å². The summed E-state index contributed by atoms with van der Waals surface area (Å²) in [4.78, 5) is 7.22. The van der Waals surface area contributed by atoms with Crippen LogP contribution in [0.4, 0.5) is 11.6 Å². The van der Waals surface area contributed by atoms with Crippen LogP contribution < -0.4 is 5.32 Å². The highest BCUT2D eigenvalue weighted by molar-refractivity contribution is 7.91. The summed E-state index contributed by atoms with van der Waals surface area (Å²) in [5, 5.41) is 7.79. The Labute approximate surface area is 241 Å². The maximum Gasteiger partial charge on any atom is 0.269 e. The van der Waals surface area contributed by atoms with Gasteiger partial charge in [0.15, 0.2) is 0 Å². The zero-order valence-electron chi connectivity index (χ0n) is 24.7. The number of aromatic nitrogens is 3. The fraction of sp³-hybridized carbons (Fsp3) is 0.733. The van der Waals surface area contributed by atoms with Crippen molar-refractivity contribution in [2.45, 2.75) is 126 Å². The van der Waals surface area contributed by atoms with Crippen molar-refractivity contribution in [3.8, 4) is 0 Å². The maximum absolute atomic E-state index is 14.0. The molecular formula is C30H47N5O3SSi. The number of sulfone groups is 1. The molecule has 1 N–H and O–H groups in total. The first-order chi connectivity index (χ1) is 19.2. The number of rotatable bonds is 10. The Morgan fingerprint density at radius 1 is 0.975 bits per heavy atom. The SMILES string of the molecule is C[Si](C)(C)CCOCn1nc(S(=O)(=O)C2CCCC(N3CCCC3)C2)nc1Nc1c2c(cc3c1CCC3)CCC2. The summed E-state index contributed by atoms with van der Waals surface area (Å²) >= 11 is 0. The largest absolute Gasteiger partial charge is 0.359 e. The highest BCUT2D eigenvalue weighted by atomic mass is 32.2. The van der Waals surface area contributed by atoms with E-state index in [1.165, 1.54) is 47.9 Å². The molecule has 10 heteroatoms. The van der Waals surface area contributed by atoms with Gasteiger partial charge in [0.2, 0.25) is 15.8 Å². The molecular weight excluding hydrogens is 539 g/mol. The smallest absolute Gasteiger partial charge is 0.269 e. The van der Waals surface area contributed by atoms with Crippen molar-refractivity contribution in [1.29, 1.82) is 0 Å². The predicted molar refractivity (Wildman–Crippen MR) is 162 cm³/mol. The van der Waals surface area contributed by atoms with Gasteiger partial charge in [-0.3, -0.25) is 0 Å². The number of likely N-dealkylation sites (tertiary alicyclic amines) is 1. The lowest BCUT2D eigenvalue weighted by molar-refractivity contribution is 0.0792. The first-order valence-corrected chi connectivity index (χ1v) is 20.9. The maximum atomic E-state index is 14.0. The van der Waals surface area contributed by atoms with Crippen molar-refractivity contribution in [2.24, 2.45) is 0 Å². The summed E-state index contributed by atoms with van der Waals surface area (Å²) in [5.41, 5.74) is 6.76. The van der Waals surface area contributed by atoms with Crippen LogP contribution in [0, 0.1) is 0 Å². The Morgan fingerprint density at radius 3 is 2.35 bits per heavy atom. The van der Waals surface area contributed by atoms with Gasteiger partial charge in [-0.1, -0.05) is 32.1 Å². The first-order valence-electron chi connectivity index (χ1n) is 15.6. The molecule has 4 aliphatic rings. The van der Waals surface area contributed by atoms with Gasteiger partial charge in [-0.05, 0) is 112 Å². The predicted octanol–water partition coefficient (Wildman–Crippen LogP) is 5.49. The van der Waals surface area contributed by atoms with Gasteiger partial charge in [0.1, 0.15) is 6.73 Å². The van der Waals surface area contributed by atoms with Gasteiger partial charge in [0.25, 0.3) is 5.16 Å². The Morgan fingerprint density at radius 2 is 1.68 bits per heavy atom. The van der Waals surface area contributed by atoms with Crippen LogP contribution in [-0.4, -0.2) is 67.1 Å². The molecule has 220 valence electrons. The highest BCUT2D eigenvalue weighted by Gasteiger charge is 2.38. The van der Waals surface area contributed by atoms with E-state index in [9.17, 15) is 8.42 Å². The van der Waals surface area contributed by atoms with E-state index in [1.807, 2.05) is 0 Å². The zero-order valence-corrected chi connectivity index (χ0v) is 26.5. The molecule has 1 saturated carbocycles. The molecule has 3 aliphatic carbocycles. The lowest BCUT2D eigenvalue weighted by Crippen LogP contribution is -2.41. The van der Waals surface area contributed by atoms with Crippen LogP contribution in [0.2, 0.25) is 25.7 Å². The number of benzene rings is 1. The summed E-state index contributed by atoms with van der Waals surface area (Å²) in [6.45, 7) is 10.0. The van der Waals surface area contributed by atoms with Crippen LogP contribution in [0.1, 0.15) is 73.6 Å². The number of ether oxygens (including phenoxy) is 1. The van der Waals surface area contributed by atoms with E-state index < -0.39 is 23.2 Å². The Bertz CT molecular complexity index is 1300. The molecule has 1 aromatic carbocycles. The molecule has 2 atom stereocenters. The lowest BCUT2D eigenvalue weighted by Gasteiger charge is -2.34. The van der Waals surface area contributed by atoms with E-state index in [4.69, 9.17) is 9.72 Å². The summed E-state index contributed by atoms with van der Waals surface area (Å²) in [6, 6.07) is 3.82. The molecule has 1 aromatic heterocycles. The van der Waals surface area contributed by atoms with Gasteiger partial charge in [0, 0.05) is 26.4 Å². The van der Waals surface area contributed by atoms with Gasteiger partial charge in [0.05, 0.1) is 5.25 Å². The van der Waals surface area contributed by atoms with Crippen molar-refractivity contribution < 1.29 is 13.2 Å². The van der Waals surface area contributed by atoms with Gasteiger partial charge in [-0.25, -0.2) is 13.1 Å². The molecule has 2 unspecified atom stereocenters. The molecule has 40 heavy (non-hydrogen) atoms. The second-order valence-corrected chi connectivity index (χ2v) is 21.4. The summed E-state index contributed by atoms with van der Waals surface area (Å²) in [7, 11) is -4.90. The van der Waals surface area contributed by atoms with E-state index in [-0.39, 0.29) is 11.9 Å². The Kier molecular flexibility index (Phi) is 8.15. The number of nitrogens with one attached hydrogen (secondary N) is 1. The van der Waals surface area contributed by atoms with E-state index in [0.717, 1.165) is 63.3 Å². The van der Waals surface area contributed by atoms with E-state index >= 15 is 0 Å². The van der Waals surface area contributed by atoms with Crippen molar-refractivity contribution in [3.05, 3.63) is 28.3 Å². The van der Waals surface area contributed by atoms with Gasteiger partial charge >= 0.3 is 0 Å². The van der Waals surface area contributed by atoms with Gasteiger partial charge < -0.3 is 15.0 Å². The Balaban J connectivity index is 1.29. The third-order valence-corrected chi connectivity index (χ3v) is 13.2. The molecule has 0 bridgehead atoms. The average Bonchev–Trinajstić information content (AvgIpc) is 3.73. The number of nitrogens with zero attached hydrogens (tertiary/aromatic N) is 4. The third kappa shape index (κ3) is 5.92. The fourth-order valence-corrected chi connectivity index (χ4v) is 9.66.